The molecule has 1 N–H and O–H groups in total. The molecule has 0 spiro atoms. The van der Waals surface area contributed by atoms with Gasteiger partial charge in [0, 0.05) is 18.7 Å². The number of tetrazole rings is 1. The Bertz CT molecular complexity index is 632. The van der Waals surface area contributed by atoms with Crippen LogP contribution in [0.1, 0.15) is 18.4 Å². The maximum Gasteiger partial charge on any atom is 0.243 e. The zero-order valence-electron chi connectivity index (χ0n) is 12.5. The highest BCUT2D eigenvalue weighted by Crippen LogP contribution is 2.14. The monoisotopic (exact) mass is 301 g/mol. The maximum atomic E-state index is 11.9. The first kappa shape index (κ1) is 14.6. The van der Waals surface area contributed by atoms with Crippen LogP contribution < -0.4 is 5.32 Å². The molecule has 2 aromatic rings. The average Bonchev–Trinajstić information content (AvgIpc) is 3.17. The first-order valence-electron chi connectivity index (χ1n) is 7.44. The molecule has 1 aliphatic rings. The molecule has 1 atom stereocenters. The minimum Gasteiger partial charge on any atom is -0.376 e. The smallest absolute Gasteiger partial charge is 0.243 e. The summed E-state index contributed by atoms with van der Waals surface area (Å²) in [4.78, 5) is 13.2. The van der Waals surface area contributed by atoms with Crippen LogP contribution in [0.2, 0.25) is 0 Å². The van der Waals surface area contributed by atoms with E-state index in [-0.39, 0.29) is 18.6 Å². The van der Waals surface area contributed by atoms with Crippen LogP contribution >= 0.6 is 0 Å². The maximum absolute atomic E-state index is 11.9. The van der Waals surface area contributed by atoms with Gasteiger partial charge >= 0.3 is 0 Å². The summed E-state index contributed by atoms with van der Waals surface area (Å²) in [6.07, 6.45) is 2.20. The predicted octanol–water partition coefficient (Wildman–Crippen LogP) is 0.944. The zero-order valence-corrected chi connectivity index (χ0v) is 12.5. The van der Waals surface area contributed by atoms with Crippen LogP contribution in [-0.2, 0) is 16.1 Å². The highest BCUT2D eigenvalue weighted by molar-refractivity contribution is 5.75. The lowest BCUT2D eigenvalue weighted by Gasteiger charge is -2.10. The summed E-state index contributed by atoms with van der Waals surface area (Å²) in [6.45, 7) is 3.40. The van der Waals surface area contributed by atoms with Gasteiger partial charge in [-0.2, -0.15) is 4.80 Å². The SMILES string of the molecule is Cc1ccc(-c2nnn(CC(=O)NCC3CCCO3)n2)cc1. The Labute approximate surface area is 128 Å². The fourth-order valence-electron chi connectivity index (χ4n) is 2.35. The molecule has 1 aliphatic heterocycles. The Hall–Kier alpha value is -2.28. The summed E-state index contributed by atoms with van der Waals surface area (Å²) in [7, 11) is 0. The molecule has 0 saturated carbocycles. The number of ether oxygens (including phenoxy) is 1. The van der Waals surface area contributed by atoms with E-state index in [1.54, 1.807) is 0 Å². The lowest BCUT2D eigenvalue weighted by molar-refractivity contribution is -0.122. The van der Waals surface area contributed by atoms with Gasteiger partial charge in [0.05, 0.1) is 6.10 Å². The van der Waals surface area contributed by atoms with E-state index >= 15 is 0 Å². The second-order valence-electron chi connectivity index (χ2n) is 5.45. The highest BCUT2D eigenvalue weighted by Gasteiger charge is 2.16. The summed E-state index contributed by atoms with van der Waals surface area (Å²) in [5.41, 5.74) is 2.06. The largest absolute Gasteiger partial charge is 0.376 e. The van der Waals surface area contributed by atoms with Crippen LogP contribution in [0, 0.1) is 6.92 Å². The summed E-state index contributed by atoms with van der Waals surface area (Å²) in [6, 6.07) is 7.86. The van der Waals surface area contributed by atoms with Gasteiger partial charge in [-0.25, -0.2) is 0 Å². The number of carbonyl (C=O) groups excluding carboxylic acids is 1. The minimum atomic E-state index is -0.136. The van der Waals surface area contributed by atoms with Gasteiger partial charge in [-0.3, -0.25) is 4.79 Å². The number of amides is 1. The Morgan fingerprint density at radius 2 is 2.23 bits per heavy atom. The molecule has 2 heterocycles. The van der Waals surface area contributed by atoms with E-state index in [0.29, 0.717) is 12.4 Å². The van der Waals surface area contributed by atoms with Crippen molar-refractivity contribution in [1.29, 1.82) is 0 Å². The molecule has 1 fully saturated rings. The number of nitrogens with zero attached hydrogens (tertiary/aromatic N) is 4. The van der Waals surface area contributed by atoms with Crippen molar-refractivity contribution in [1.82, 2.24) is 25.5 Å². The minimum absolute atomic E-state index is 0.0611. The molecule has 0 bridgehead atoms. The number of hydrogen-bond acceptors (Lipinski definition) is 5. The number of benzene rings is 1. The Kier molecular flexibility index (Phi) is 4.43. The number of nitrogens with one attached hydrogen (secondary N) is 1. The Balaban J connectivity index is 1.54. The summed E-state index contributed by atoms with van der Waals surface area (Å²) in [5.74, 6) is 0.385. The number of rotatable bonds is 5. The fourth-order valence-corrected chi connectivity index (χ4v) is 2.35. The van der Waals surface area contributed by atoms with Crippen molar-refractivity contribution >= 4 is 5.91 Å². The van der Waals surface area contributed by atoms with Crippen LogP contribution in [0.3, 0.4) is 0 Å². The van der Waals surface area contributed by atoms with Crippen molar-refractivity contribution < 1.29 is 9.53 Å². The highest BCUT2D eigenvalue weighted by atomic mass is 16.5. The number of hydrogen-bond donors (Lipinski definition) is 1. The van der Waals surface area contributed by atoms with Gasteiger partial charge in [0.2, 0.25) is 11.7 Å². The molecule has 1 aromatic carbocycles. The molecule has 7 heteroatoms. The predicted molar refractivity (Wildman–Crippen MR) is 80.0 cm³/mol. The summed E-state index contributed by atoms with van der Waals surface area (Å²) in [5, 5.41) is 15.0. The molecule has 0 radical (unpaired) electrons. The summed E-state index contributed by atoms with van der Waals surface area (Å²) >= 11 is 0. The average molecular weight is 301 g/mol. The van der Waals surface area contributed by atoms with Crippen molar-refractivity contribution in [2.75, 3.05) is 13.2 Å². The number of aromatic nitrogens is 4. The first-order chi connectivity index (χ1) is 10.7. The van der Waals surface area contributed by atoms with Gasteiger partial charge in [0.25, 0.3) is 0 Å². The normalized spacial score (nSPS) is 17.6. The Morgan fingerprint density at radius 1 is 1.41 bits per heavy atom. The van der Waals surface area contributed by atoms with Gasteiger partial charge in [-0.15, -0.1) is 10.2 Å². The molecule has 3 rings (SSSR count). The third-order valence-corrected chi connectivity index (χ3v) is 3.60. The lowest BCUT2D eigenvalue weighted by Crippen LogP contribution is -2.34. The second-order valence-corrected chi connectivity index (χ2v) is 5.45. The summed E-state index contributed by atoms with van der Waals surface area (Å²) < 4.78 is 5.46. The Morgan fingerprint density at radius 3 is 2.95 bits per heavy atom. The van der Waals surface area contributed by atoms with Gasteiger partial charge in [0.1, 0.15) is 6.54 Å². The van der Waals surface area contributed by atoms with Crippen LogP contribution in [-0.4, -0.2) is 45.4 Å². The van der Waals surface area contributed by atoms with Crippen molar-refractivity contribution in [2.45, 2.75) is 32.4 Å². The van der Waals surface area contributed by atoms with Gasteiger partial charge in [0.15, 0.2) is 0 Å². The van der Waals surface area contributed by atoms with Crippen LogP contribution in [0.4, 0.5) is 0 Å². The molecule has 1 aromatic heterocycles. The van der Waals surface area contributed by atoms with Crippen molar-refractivity contribution in [3.05, 3.63) is 29.8 Å². The van der Waals surface area contributed by atoms with E-state index in [9.17, 15) is 4.79 Å². The molecule has 116 valence electrons. The third kappa shape index (κ3) is 3.67. The van der Waals surface area contributed by atoms with E-state index < -0.39 is 0 Å². The van der Waals surface area contributed by atoms with Crippen LogP contribution in [0.15, 0.2) is 24.3 Å². The van der Waals surface area contributed by atoms with Crippen molar-refractivity contribution in [2.24, 2.45) is 0 Å². The van der Waals surface area contributed by atoms with E-state index in [2.05, 4.69) is 20.7 Å². The number of carbonyl (C=O) groups is 1. The standard InChI is InChI=1S/C15H19N5O2/c1-11-4-6-12(7-5-11)15-17-19-20(18-15)10-14(21)16-9-13-3-2-8-22-13/h4-7,13H,2-3,8-10H2,1H3,(H,16,21). The van der Waals surface area contributed by atoms with Gasteiger partial charge in [-0.1, -0.05) is 29.8 Å². The van der Waals surface area contributed by atoms with Gasteiger partial charge < -0.3 is 10.1 Å². The molecular weight excluding hydrogens is 282 g/mol. The molecule has 0 aliphatic carbocycles. The molecule has 1 amide bonds. The molecule has 1 unspecified atom stereocenters. The van der Waals surface area contributed by atoms with Gasteiger partial charge in [-0.05, 0) is 25.0 Å². The zero-order chi connectivity index (χ0) is 15.4. The van der Waals surface area contributed by atoms with E-state index in [1.165, 1.54) is 10.4 Å². The topological polar surface area (TPSA) is 81.9 Å². The van der Waals surface area contributed by atoms with E-state index in [4.69, 9.17) is 4.74 Å². The third-order valence-electron chi connectivity index (χ3n) is 3.60. The quantitative estimate of drug-likeness (QED) is 0.889. The van der Waals surface area contributed by atoms with E-state index in [1.807, 2.05) is 31.2 Å². The molecule has 22 heavy (non-hydrogen) atoms. The first-order valence-corrected chi connectivity index (χ1v) is 7.44. The van der Waals surface area contributed by atoms with Crippen molar-refractivity contribution in [3.8, 4) is 11.4 Å². The van der Waals surface area contributed by atoms with E-state index in [0.717, 1.165) is 25.0 Å². The molecular formula is C15H19N5O2. The molecule has 7 nitrogen and oxygen atoms in total. The number of aryl methyl sites for hydroxylation is 1. The van der Waals surface area contributed by atoms with Crippen molar-refractivity contribution in [3.63, 3.8) is 0 Å². The lowest BCUT2D eigenvalue weighted by atomic mass is 10.1. The van der Waals surface area contributed by atoms with Crippen LogP contribution in [0.25, 0.3) is 11.4 Å². The van der Waals surface area contributed by atoms with Crippen LogP contribution in [0.5, 0.6) is 0 Å². The fraction of sp³-hybridized carbons (Fsp3) is 0.467. The second kappa shape index (κ2) is 6.65. The molecule has 1 saturated heterocycles.